The van der Waals surface area contributed by atoms with Crippen LogP contribution < -0.4 is 10.9 Å². The fourth-order valence-electron chi connectivity index (χ4n) is 3.44. The lowest BCUT2D eigenvalue weighted by Gasteiger charge is -2.36. The van der Waals surface area contributed by atoms with Crippen LogP contribution in [0, 0.1) is 19.8 Å². The molecule has 0 aromatic carbocycles. The lowest BCUT2D eigenvalue weighted by molar-refractivity contribution is -0.125. The van der Waals surface area contributed by atoms with Gasteiger partial charge in [0, 0.05) is 29.9 Å². The summed E-state index contributed by atoms with van der Waals surface area (Å²) in [6.07, 6.45) is 1.85. The van der Waals surface area contributed by atoms with Gasteiger partial charge in [0.1, 0.15) is 10.7 Å². The average molecular weight is 377 g/mol. The van der Waals surface area contributed by atoms with Gasteiger partial charge in [-0.3, -0.25) is 14.5 Å². The summed E-state index contributed by atoms with van der Waals surface area (Å²) in [5.41, 5.74) is 0.984. The van der Waals surface area contributed by atoms with Crippen molar-refractivity contribution in [2.24, 2.45) is 5.92 Å². The zero-order valence-corrected chi connectivity index (χ0v) is 17.0. The van der Waals surface area contributed by atoms with Crippen molar-refractivity contribution in [3.63, 3.8) is 0 Å². The third-order valence-electron chi connectivity index (χ3n) is 5.40. The van der Waals surface area contributed by atoms with Gasteiger partial charge in [0.15, 0.2) is 0 Å². The molecule has 3 rings (SSSR count). The molecule has 2 aromatic heterocycles. The summed E-state index contributed by atoms with van der Waals surface area (Å²) in [5.74, 6) is 0.871. The van der Waals surface area contributed by atoms with Crippen LogP contribution in [0.5, 0.6) is 0 Å². The molecule has 1 fully saturated rings. The summed E-state index contributed by atoms with van der Waals surface area (Å²) in [6, 6.07) is 0.294. The highest BCUT2D eigenvalue weighted by Crippen LogP contribution is 2.28. The summed E-state index contributed by atoms with van der Waals surface area (Å²) in [5, 5.41) is 3.84. The van der Waals surface area contributed by atoms with E-state index in [9.17, 15) is 9.59 Å². The number of aromatic amines is 1. The van der Waals surface area contributed by atoms with E-state index >= 15 is 0 Å². The van der Waals surface area contributed by atoms with Gasteiger partial charge in [0.05, 0.1) is 11.4 Å². The molecule has 1 aliphatic heterocycles. The van der Waals surface area contributed by atoms with Crippen LogP contribution in [0.25, 0.3) is 10.2 Å². The maximum atomic E-state index is 12.5. The fraction of sp³-hybridized carbons (Fsp3) is 0.632. The van der Waals surface area contributed by atoms with E-state index in [0.29, 0.717) is 0 Å². The molecule has 3 heterocycles. The van der Waals surface area contributed by atoms with Gasteiger partial charge in [-0.05, 0) is 39.2 Å². The molecule has 26 heavy (non-hydrogen) atoms. The van der Waals surface area contributed by atoms with Crippen LogP contribution in [-0.2, 0) is 4.79 Å². The van der Waals surface area contributed by atoms with Crippen LogP contribution in [-0.4, -0.2) is 39.9 Å². The minimum absolute atomic E-state index is 0.0191. The number of hydrogen-bond donors (Lipinski definition) is 2. The van der Waals surface area contributed by atoms with Crippen LogP contribution in [0.4, 0.5) is 0 Å². The van der Waals surface area contributed by atoms with E-state index < -0.39 is 0 Å². The molecule has 1 amide bonds. The summed E-state index contributed by atoms with van der Waals surface area (Å²) in [6.45, 7) is 11.7. The minimum Gasteiger partial charge on any atom is -0.353 e. The van der Waals surface area contributed by atoms with E-state index in [4.69, 9.17) is 4.98 Å². The molecule has 2 N–H and O–H groups in total. The van der Waals surface area contributed by atoms with Crippen LogP contribution in [0.15, 0.2) is 4.79 Å². The van der Waals surface area contributed by atoms with Crippen molar-refractivity contribution in [3.8, 4) is 0 Å². The molecular formula is C19H28N4O2S. The second-order valence-electron chi connectivity index (χ2n) is 7.56. The summed E-state index contributed by atoms with van der Waals surface area (Å²) in [4.78, 5) is 36.4. The zero-order chi connectivity index (χ0) is 19.0. The van der Waals surface area contributed by atoms with Gasteiger partial charge < -0.3 is 10.3 Å². The van der Waals surface area contributed by atoms with Crippen molar-refractivity contribution < 1.29 is 4.79 Å². The maximum Gasteiger partial charge on any atom is 0.259 e. The number of piperidine rings is 1. The quantitative estimate of drug-likeness (QED) is 0.860. The Kier molecular flexibility index (Phi) is 5.48. The second kappa shape index (κ2) is 7.48. The average Bonchev–Trinajstić information content (AvgIpc) is 2.89. The first-order valence-electron chi connectivity index (χ1n) is 9.32. The number of thiophene rings is 1. The smallest absolute Gasteiger partial charge is 0.259 e. The maximum absolute atomic E-state index is 12.5. The van der Waals surface area contributed by atoms with E-state index in [2.05, 4.69) is 22.1 Å². The van der Waals surface area contributed by atoms with Crippen molar-refractivity contribution in [3.05, 3.63) is 26.6 Å². The molecule has 0 saturated carbocycles. The number of carbonyl (C=O) groups excluding carboxylic acids is 1. The molecule has 0 bridgehead atoms. The lowest BCUT2D eigenvalue weighted by Crippen LogP contribution is -2.46. The molecule has 1 aliphatic rings. The van der Waals surface area contributed by atoms with Gasteiger partial charge in [-0.25, -0.2) is 4.98 Å². The van der Waals surface area contributed by atoms with E-state index in [1.807, 2.05) is 27.7 Å². The number of aromatic nitrogens is 2. The standard InChI is InChI=1S/C19H28N4O2S/c1-10(2)17(24)20-14-6-8-23(9-7-14)12(4)16-21-18(25)15-11(3)13(5)26-19(15)22-16/h10,12,14H,6-9H2,1-5H3,(H,20,24)(H,21,22,25). The number of rotatable bonds is 4. The molecule has 6 nitrogen and oxygen atoms in total. The largest absolute Gasteiger partial charge is 0.353 e. The highest BCUT2D eigenvalue weighted by Gasteiger charge is 2.26. The third kappa shape index (κ3) is 3.69. The van der Waals surface area contributed by atoms with Gasteiger partial charge in [0.2, 0.25) is 5.91 Å². The van der Waals surface area contributed by atoms with Gasteiger partial charge in [0.25, 0.3) is 5.56 Å². The second-order valence-corrected chi connectivity index (χ2v) is 8.77. The number of nitrogens with one attached hydrogen (secondary N) is 2. The molecule has 7 heteroatoms. The number of H-pyrrole nitrogens is 1. The SMILES string of the molecule is Cc1sc2nc(C(C)N3CCC(NC(=O)C(C)C)CC3)[nH]c(=O)c2c1C. The van der Waals surface area contributed by atoms with Gasteiger partial charge in [-0.1, -0.05) is 13.8 Å². The monoisotopic (exact) mass is 376 g/mol. The van der Waals surface area contributed by atoms with Crippen molar-refractivity contribution in [1.29, 1.82) is 0 Å². The van der Waals surface area contributed by atoms with Crippen LogP contribution >= 0.6 is 11.3 Å². The highest BCUT2D eigenvalue weighted by molar-refractivity contribution is 7.18. The number of carbonyl (C=O) groups is 1. The predicted molar refractivity (Wildman–Crippen MR) is 106 cm³/mol. The van der Waals surface area contributed by atoms with Gasteiger partial charge >= 0.3 is 0 Å². The Bertz CT molecular complexity index is 862. The summed E-state index contributed by atoms with van der Waals surface area (Å²) < 4.78 is 0. The Morgan fingerprint density at radius 1 is 1.27 bits per heavy atom. The summed E-state index contributed by atoms with van der Waals surface area (Å²) in [7, 11) is 0. The molecule has 1 unspecified atom stereocenters. The lowest BCUT2D eigenvalue weighted by atomic mass is 10.0. The number of likely N-dealkylation sites (tertiary alicyclic amines) is 1. The molecule has 0 aliphatic carbocycles. The molecule has 0 spiro atoms. The van der Waals surface area contributed by atoms with Crippen LogP contribution in [0.3, 0.4) is 0 Å². The van der Waals surface area contributed by atoms with Crippen molar-refractivity contribution in [1.82, 2.24) is 20.2 Å². The van der Waals surface area contributed by atoms with Crippen molar-refractivity contribution >= 4 is 27.5 Å². The number of hydrogen-bond acceptors (Lipinski definition) is 5. The molecule has 142 valence electrons. The molecule has 1 saturated heterocycles. The van der Waals surface area contributed by atoms with E-state index in [1.165, 1.54) is 0 Å². The van der Waals surface area contributed by atoms with Crippen molar-refractivity contribution in [2.45, 2.75) is 59.5 Å². The number of amides is 1. The normalized spacial score (nSPS) is 17.8. The van der Waals surface area contributed by atoms with E-state index in [0.717, 1.165) is 52.4 Å². The fourth-order valence-corrected chi connectivity index (χ4v) is 4.48. The Morgan fingerprint density at radius 2 is 1.92 bits per heavy atom. The first-order valence-corrected chi connectivity index (χ1v) is 10.1. The van der Waals surface area contributed by atoms with E-state index in [1.54, 1.807) is 11.3 Å². The Hall–Kier alpha value is -1.73. The van der Waals surface area contributed by atoms with Gasteiger partial charge in [-0.15, -0.1) is 11.3 Å². The molecule has 1 atom stereocenters. The van der Waals surface area contributed by atoms with Gasteiger partial charge in [-0.2, -0.15) is 0 Å². The Labute approximate surface area is 158 Å². The molecular weight excluding hydrogens is 348 g/mol. The Balaban J connectivity index is 1.71. The Morgan fingerprint density at radius 3 is 2.54 bits per heavy atom. The van der Waals surface area contributed by atoms with Crippen LogP contribution in [0.2, 0.25) is 0 Å². The number of nitrogens with zero attached hydrogens (tertiary/aromatic N) is 2. The molecule has 0 radical (unpaired) electrons. The topological polar surface area (TPSA) is 78.1 Å². The zero-order valence-electron chi connectivity index (χ0n) is 16.2. The minimum atomic E-state index is -0.0437. The first-order chi connectivity index (χ1) is 12.3. The van der Waals surface area contributed by atoms with Crippen molar-refractivity contribution in [2.75, 3.05) is 13.1 Å². The predicted octanol–water partition coefficient (Wildman–Crippen LogP) is 2.90. The number of aryl methyl sites for hydroxylation is 2. The number of fused-ring (bicyclic) bond motifs is 1. The third-order valence-corrected chi connectivity index (χ3v) is 6.50. The van der Waals surface area contributed by atoms with E-state index in [-0.39, 0.29) is 29.5 Å². The highest BCUT2D eigenvalue weighted by atomic mass is 32.1. The van der Waals surface area contributed by atoms with Crippen LogP contribution in [0.1, 0.15) is 55.9 Å². The molecule has 2 aromatic rings. The summed E-state index contributed by atoms with van der Waals surface area (Å²) >= 11 is 1.58. The first kappa shape index (κ1) is 19.0.